The number of sulfonamides is 1. The first-order valence-corrected chi connectivity index (χ1v) is 11.9. The number of benzene rings is 1. The Morgan fingerprint density at radius 2 is 1.97 bits per heavy atom. The molecule has 9 nitrogen and oxygen atoms in total. The summed E-state index contributed by atoms with van der Waals surface area (Å²) in [6.45, 7) is 8.82. The minimum atomic E-state index is -3.33. The number of piperazine rings is 1. The fourth-order valence-corrected chi connectivity index (χ4v) is 4.43. The lowest BCUT2D eigenvalue weighted by molar-refractivity contribution is 0.0904. The summed E-state index contributed by atoms with van der Waals surface area (Å²) in [6, 6.07) is 5.30. The summed E-state index contributed by atoms with van der Waals surface area (Å²) in [4.78, 5) is 6.67. The van der Waals surface area contributed by atoms with E-state index in [1.807, 2.05) is 31.7 Å². The maximum Gasteiger partial charge on any atom is 0.216 e. The van der Waals surface area contributed by atoms with Crippen LogP contribution in [0.5, 0.6) is 11.5 Å². The summed E-state index contributed by atoms with van der Waals surface area (Å²) in [5.41, 5.74) is 0.663. The van der Waals surface area contributed by atoms with Crippen LogP contribution in [0.4, 0.5) is 0 Å². The van der Waals surface area contributed by atoms with Gasteiger partial charge in [0.2, 0.25) is 10.0 Å². The number of rotatable bonds is 9. The molecular weight excluding hydrogens is 408 g/mol. The quantitative estimate of drug-likeness (QED) is 0.438. The van der Waals surface area contributed by atoms with E-state index in [4.69, 9.17) is 9.47 Å². The number of nitrogens with one attached hydrogen (secondary N) is 1. The van der Waals surface area contributed by atoms with E-state index in [0.29, 0.717) is 50.0 Å². The molecule has 0 aromatic heterocycles. The highest BCUT2D eigenvalue weighted by atomic mass is 32.2. The van der Waals surface area contributed by atoms with Crippen LogP contribution in [0.15, 0.2) is 23.2 Å². The Labute approximate surface area is 179 Å². The van der Waals surface area contributed by atoms with Gasteiger partial charge in [-0.25, -0.2) is 13.4 Å². The average molecular weight is 443 g/mol. The van der Waals surface area contributed by atoms with Crippen molar-refractivity contribution in [2.24, 2.45) is 4.99 Å². The van der Waals surface area contributed by atoms with Gasteiger partial charge in [-0.3, -0.25) is 0 Å². The normalized spacial score (nSPS) is 16.2. The SMILES string of the molecule is CCNC(=NCc1cccc(OC)c1O)N1CCN(S(=O)(=O)CCOC(C)C)CC1. The Kier molecular flexibility index (Phi) is 9.19. The monoisotopic (exact) mass is 442 g/mol. The highest BCUT2D eigenvalue weighted by Crippen LogP contribution is 2.29. The average Bonchev–Trinajstić information content (AvgIpc) is 2.71. The van der Waals surface area contributed by atoms with E-state index in [-0.39, 0.29) is 30.8 Å². The van der Waals surface area contributed by atoms with Crippen LogP contribution in [0.3, 0.4) is 0 Å². The summed E-state index contributed by atoms with van der Waals surface area (Å²) < 4.78 is 37.1. The molecule has 1 aliphatic rings. The number of phenolic OH excluding ortho intramolecular Hbond substituents is 1. The molecule has 10 heteroatoms. The van der Waals surface area contributed by atoms with E-state index < -0.39 is 10.0 Å². The molecule has 0 aliphatic carbocycles. The minimum absolute atomic E-state index is 0.00550. The molecule has 0 radical (unpaired) electrons. The predicted octanol–water partition coefficient (Wildman–Crippen LogP) is 1.24. The number of para-hydroxylation sites is 1. The predicted molar refractivity (Wildman–Crippen MR) is 117 cm³/mol. The highest BCUT2D eigenvalue weighted by Gasteiger charge is 2.28. The molecule has 0 spiro atoms. The second-order valence-corrected chi connectivity index (χ2v) is 9.35. The molecule has 0 saturated carbocycles. The van der Waals surface area contributed by atoms with Crippen molar-refractivity contribution in [2.75, 3.05) is 52.2 Å². The fraction of sp³-hybridized carbons (Fsp3) is 0.650. The van der Waals surface area contributed by atoms with Crippen LogP contribution in [0, 0.1) is 0 Å². The Bertz CT molecular complexity index is 805. The van der Waals surface area contributed by atoms with Crippen LogP contribution in [0.25, 0.3) is 0 Å². The number of aromatic hydroxyl groups is 1. The van der Waals surface area contributed by atoms with Gasteiger partial charge >= 0.3 is 0 Å². The first kappa shape index (κ1) is 24.2. The zero-order chi connectivity index (χ0) is 22.1. The number of aliphatic imine (C=N–C) groups is 1. The minimum Gasteiger partial charge on any atom is -0.504 e. The van der Waals surface area contributed by atoms with Crippen molar-refractivity contribution in [2.45, 2.75) is 33.4 Å². The maximum atomic E-state index is 12.5. The molecule has 0 unspecified atom stereocenters. The molecule has 1 fully saturated rings. The van der Waals surface area contributed by atoms with E-state index in [9.17, 15) is 13.5 Å². The van der Waals surface area contributed by atoms with Crippen LogP contribution in [-0.2, 0) is 21.3 Å². The Hall–Kier alpha value is -2.04. The van der Waals surface area contributed by atoms with Crippen molar-refractivity contribution in [1.29, 1.82) is 0 Å². The first-order chi connectivity index (χ1) is 14.3. The largest absolute Gasteiger partial charge is 0.504 e. The molecule has 1 saturated heterocycles. The Balaban J connectivity index is 1.99. The van der Waals surface area contributed by atoms with E-state index in [1.54, 1.807) is 12.1 Å². The molecule has 30 heavy (non-hydrogen) atoms. The van der Waals surface area contributed by atoms with Gasteiger partial charge in [-0.05, 0) is 26.8 Å². The van der Waals surface area contributed by atoms with Crippen LogP contribution in [-0.4, -0.2) is 87.0 Å². The molecule has 2 N–H and O–H groups in total. The van der Waals surface area contributed by atoms with Crippen LogP contribution >= 0.6 is 0 Å². The van der Waals surface area contributed by atoms with Crippen molar-refractivity contribution >= 4 is 16.0 Å². The first-order valence-electron chi connectivity index (χ1n) is 10.3. The van der Waals surface area contributed by atoms with Crippen LogP contribution in [0.1, 0.15) is 26.3 Å². The third-order valence-corrected chi connectivity index (χ3v) is 6.60. The second kappa shape index (κ2) is 11.4. The third kappa shape index (κ3) is 6.75. The topological polar surface area (TPSA) is 104 Å². The number of hydrogen-bond donors (Lipinski definition) is 2. The van der Waals surface area contributed by atoms with E-state index in [0.717, 1.165) is 0 Å². The molecule has 1 aromatic rings. The summed E-state index contributed by atoms with van der Waals surface area (Å²) in [6.07, 6.45) is 0.0138. The molecule has 0 bridgehead atoms. The molecule has 1 heterocycles. The maximum absolute atomic E-state index is 12.5. The number of methoxy groups -OCH3 is 1. The number of ether oxygens (including phenoxy) is 2. The van der Waals surface area contributed by atoms with Crippen molar-refractivity contribution in [3.8, 4) is 11.5 Å². The molecule has 2 rings (SSSR count). The molecule has 170 valence electrons. The Morgan fingerprint density at radius 3 is 2.57 bits per heavy atom. The van der Waals surface area contributed by atoms with Crippen molar-refractivity contribution in [1.82, 2.24) is 14.5 Å². The summed E-state index contributed by atoms with van der Waals surface area (Å²) in [7, 11) is -1.83. The number of nitrogens with zero attached hydrogens (tertiary/aromatic N) is 3. The van der Waals surface area contributed by atoms with E-state index in [2.05, 4.69) is 10.3 Å². The second-order valence-electron chi connectivity index (χ2n) is 7.26. The van der Waals surface area contributed by atoms with E-state index in [1.165, 1.54) is 11.4 Å². The van der Waals surface area contributed by atoms with Gasteiger partial charge in [-0.2, -0.15) is 4.31 Å². The van der Waals surface area contributed by atoms with Gasteiger partial charge in [0.1, 0.15) is 0 Å². The summed E-state index contributed by atoms with van der Waals surface area (Å²) in [5.74, 6) is 1.18. The summed E-state index contributed by atoms with van der Waals surface area (Å²) in [5, 5.41) is 13.5. The Morgan fingerprint density at radius 1 is 1.27 bits per heavy atom. The molecule has 0 amide bonds. The van der Waals surface area contributed by atoms with Crippen molar-refractivity contribution < 1.29 is 23.0 Å². The fourth-order valence-electron chi connectivity index (χ4n) is 3.14. The van der Waals surface area contributed by atoms with Gasteiger partial charge in [0.25, 0.3) is 0 Å². The van der Waals surface area contributed by atoms with Gasteiger partial charge in [0.15, 0.2) is 17.5 Å². The molecular formula is C20H34N4O5S. The van der Waals surface area contributed by atoms with Gasteiger partial charge in [0, 0.05) is 38.3 Å². The summed E-state index contributed by atoms with van der Waals surface area (Å²) >= 11 is 0. The van der Waals surface area contributed by atoms with E-state index >= 15 is 0 Å². The van der Waals surface area contributed by atoms with Crippen molar-refractivity contribution in [3.05, 3.63) is 23.8 Å². The van der Waals surface area contributed by atoms with Crippen molar-refractivity contribution in [3.63, 3.8) is 0 Å². The lowest BCUT2D eigenvalue weighted by atomic mass is 10.2. The number of guanidine groups is 1. The third-order valence-electron chi connectivity index (χ3n) is 4.76. The highest BCUT2D eigenvalue weighted by molar-refractivity contribution is 7.89. The van der Waals surface area contributed by atoms with Gasteiger partial charge in [0.05, 0.1) is 32.1 Å². The van der Waals surface area contributed by atoms with Crippen LogP contribution in [0.2, 0.25) is 0 Å². The lowest BCUT2D eigenvalue weighted by Gasteiger charge is -2.36. The lowest BCUT2D eigenvalue weighted by Crippen LogP contribution is -2.54. The van der Waals surface area contributed by atoms with Gasteiger partial charge in [-0.1, -0.05) is 12.1 Å². The van der Waals surface area contributed by atoms with Gasteiger partial charge < -0.3 is 24.8 Å². The smallest absolute Gasteiger partial charge is 0.216 e. The standard InChI is InChI=1S/C20H34N4O5S/c1-5-21-20(22-15-17-7-6-8-18(28-4)19(17)25)23-9-11-24(12-10-23)30(26,27)14-13-29-16(2)3/h6-8,16,25H,5,9-15H2,1-4H3,(H,21,22). The molecule has 0 atom stereocenters. The zero-order valence-electron chi connectivity index (χ0n) is 18.3. The number of hydrogen-bond acceptors (Lipinski definition) is 6. The zero-order valence-corrected chi connectivity index (χ0v) is 19.1. The van der Waals surface area contributed by atoms with Crippen LogP contribution < -0.4 is 10.1 Å². The van der Waals surface area contributed by atoms with Gasteiger partial charge in [-0.15, -0.1) is 0 Å². The molecule has 1 aliphatic heterocycles. The number of phenols is 1. The molecule has 1 aromatic carbocycles.